The van der Waals surface area contributed by atoms with Crippen molar-refractivity contribution >= 4 is 11.8 Å². The molecular formula is C19H28N2O4. The van der Waals surface area contributed by atoms with Gasteiger partial charge in [-0.1, -0.05) is 12.1 Å². The highest BCUT2D eigenvalue weighted by Crippen LogP contribution is 2.20. The Kier molecular flexibility index (Phi) is 7.25. The number of nitrogens with one attached hydrogen (secondary N) is 1. The van der Waals surface area contributed by atoms with Crippen molar-refractivity contribution in [2.45, 2.75) is 39.2 Å². The van der Waals surface area contributed by atoms with Gasteiger partial charge in [-0.3, -0.25) is 9.59 Å². The standard InChI is InChI=1S/C19H28N2O4/c1-14-5-4-6-17(15(14)2)25-13-18(22)20-16-7-10-21(11-8-16)19(23)9-12-24-3/h4-6,16H,7-13H2,1-3H3,(H,20,22). The van der Waals surface area contributed by atoms with Crippen LogP contribution in [0.15, 0.2) is 18.2 Å². The molecule has 0 radical (unpaired) electrons. The van der Waals surface area contributed by atoms with Crippen molar-refractivity contribution in [1.82, 2.24) is 10.2 Å². The van der Waals surface area contributed by atoms with E-state index in [9.17, 15) is 9.59 Å². The monoisotopic (exact) mass is 348 g/mol. The number of methoxy groups -OCH3 is 1. The summed E-state index contributed by atoms with van der Waals surface area (Å²) in [6.45, 7) is 5.81. The molecule has 138 valence electrons. The summed E-state index contributed by atoms with van der Waals surface area (Å²) in [5.74, 6) is 0.739. The molecule has 1 N–H and O–H groups in total. The molecule has 1 aromatic rings. The minimum absolute atomic E-state index is 0.0112. The van der Waals surface area contributed by atoms with Crippen LogP contribution < -0.4 is 10.1 Å². The lowest BCUT2D eigenvalue weighted by atomic mass is 10.0. The van der Waals surface area contributed by atoms with Gasteiger partial charge in [0.05, 0.1) is 13.0 Å². The molecule has 6 heteroatoms. The third-order valence-corrected chi connectivity index (χ3v) is 4.65. The molecule has 0 unspecified atom stereocenters. The van der Waals surface area contributed by atoms with Gasteiger partial charge in [0.2, 0.25) is 5.91 Å². The lowest BCUT2D eigenvalue weighted by molar-refractivity contribution is -0.133. The Hall–Kier alpha value is -2.08. The lowest BCUT2D eigenvalue weighted by Gasteiger charge is -2.32. The maximum absolute atomic E-state index is 12.1. The summed E-state index contributed by atoms with van der Waals surface area (Å²) in [7, 11) is 1.59. The van der Waals surface area contributed by atoms with Crippen molar-refractivity contribution in [3.8, 4) is 5.75 Å². The van der Waals surface area contributed by atoms with E-state index in [2.05, 4.69) is 5.32 Å². The molecule has 1 fully saturated rings. The van der Waals surface area contributed by atoms with E-state index in [4.69, 9.17) is 9.47 Å². The average Bonchev–Trinajstić information content (AvgIpc) is 2.61. The molecule has 0 bridgehead atoms. The molecule has 2 amide bonds. The van der Waals surface area contributed by atoms with Gasteiger partial charge in [0.1, 0.15) is 5.75 Å². The number of carbonyl (C=O) groups excluding carboxylic acids is 2. The van der Waals surface area contributed by atoms with Crippen LogP contribution in [0.5, 0.6) is 5.75 Å². The van der Waals surface area contributed by atoms with Crippen LogP contribution in [0, 0.1) is 13.8 Å². The number of piperidine rings is 1. The van der Waals surface area contributed by atoms with Crippen LogP contribution in [0.4, 0.5) is 0 Å². The van der Waals surface area contributed by atoms with E-state index in [0.717, 1.165) is 29.7 Å². The second-order valence-electron chi connectivity index (χ2n) is 6.45. The SMILES string of the molecule is COCCC(=O)N1CCC(NC(=O)COc2cccc(C)c2C)CC1. The number of nitrogens with zero attached hydrogens (tertiary/aromatic N) is 1. The van der Waals surface area contributed by atoms with Crippen molar-refractivity contribution in [3.05, 3.63) is 29.3 Å². The Balaban J connectivity index is 1.72. The van der Waals surface area contributed by atoms with Gasteiger partial charge in [0.25, 0.3) is 5.91 Å². The Morgan fingerprint density at radius 3 is 2.64 bits per heavy atom. The molecule has 0 aliphatic carbocycles. The summed E-state index contributed by atoms with van der Waals surface area (Å²) >= 11 is 0. The van der Waals surface area contributed by atoms with Crippen LogP contribution in [0.25, 0.3) is 0 Å². The van der Waals surface area contributed by atoms with Gasteiger partial charge in [-0.25, -0.2) is 0 Å². The first kappa shape index (κ1) is 19.2. The fraction of sp³-hybridized carbons (Fsp3) is 0.579. The molecule has 6 nitrogen and oxygen atoms in total. The predicted molar refractivity (Wildman–Crippen MR) is 95.6 cm³/mol. The van der Waals surface area contributed by atoms with Crippen molar-refractivity contribution in [2.75, 3.05) is 33.4 Å². The van der Waals surface area contributed by atoms with Crippen molar-refractivity contribution in [2.24, 2.45) is 0 Å². The van der Waals surface area contributed by atoms with Gasteiger partial charge in [0, 0.05) is 26.2 Å². The summed E-state index contributed by atoms with van der Waals surface area (Å²) < 4.78 is 10.6. The molecule has 0 saturated carbocycles. The molecule has 0 spiro atoms. The number of aryl methyl sites for hydroxylation is 1. The quantitative estimate of drug-likeness (QED) is 0.816. The number of hydrogen-bond acceptors (Lipinski definition) is 4. The summed E-state index contributed by atoms with van der Waals surface area (Å²) in [5, 5.41) is 3.00. The van der Waals surface area contributed by atoms with E-state index >= 15 is 0 Å². The molecular weight excluding hydrogens is 320 g/mol. The molecule has 1 saturated heterocycles. The number of ether oxygens (including phenoxy) is 2. The molecule has 1 heterocycles. The van der Waals surface area contributed by atoms with Gasteiger partial charge in [-0.15, -0.1) is 0 Å². The molecule has 1 aliphatic heterocycles. The second kappa shape index (κ2) is 9.42. The zero-order valence-corrected chi connectivity index (χ0v) is 15.3. The smallest absolute Gasteiger partial charge is 0.258 e. The van der Waals surface area contributed by atoms with Gasteiger partial charge in [0.15, 0.2) is 6.61 Å². The summed E-state index contributed by atoms with van der Waals surface area (Å²) in [4.78, 5) is 25.9. The van der Waals surface area contributed by atoms with Crippen LogP contribution in [-0.2, 0) is 14.3 Å². The number of likely N-dealkylation sites (tertiary alicyclic amines) is 1. The van der Waals surface area contributed by atoms with Crippen molar-refractivity contribution < 1.29 is 19.1 Å². The van der Waals surface area contributed by atoms with E-state index in [1.807, 2.05) is 36.9 Å². The first-order chi connectivity index (χ1) is 12.0. The molecule has 1 aromatic carbocycles. The van der Waals surface area contributed by atoms with Crippen LogP contribution in [0.3, 0.4) is 0 Å². The van der Waals surface area contributed by atoms with E-state index in [1.54, 1.807) is 7.11 Å². The fourth-order valence-corrected chi connectivity index (χ4v) is 2.91. The lowest BCUT2D eigenvalue weighted by Crippen LogP contribution is -2.47. The predicted octanol–water partition coefficient (Wildman–Crippen LogP) is 1.83. The van der Waals surface area contributed by atoms with Gasteiger partial charge in [-0.05, 0) is 43.9 Å². The van der Waals surface area contributed by atoms with E-state index in [-0.39, 0.29) is 24.5 Å². The Labute approximate surface area is 149 Å². The molecule has 2 rings (SSSR count). The molecule has 0 atom stereocenters. The summed E-state index contributed by atoms with van der Waals surface area (Å²) in [6, 6.07) is 5.91. The minimum Gasteiger partial charge on any atom is -0.483 e. The highest BCUT2D eigenvalue weighted by atomic mass is 16.5. The van der Waals surface area contributed by atoms with Gasteiger partial charge < -0.3 is 19.7 Å². The third kappa shape index (κ3) is 5.74. The normalized spacial score (nSPS) is 15.1. The zero-order valence-electron chi connectivity index (χ0n) is 15.3. The highest BCUT2D eigenvalue weighted by molar-refractivity contribution is 5.78. The fourth-order valence-electron chi connectivity index (χ4n) is 2.91. The van der Waals surface area contributed by atoms with E-state index in [0.29, 0.717) is 26.1 Å². The number of benzene rings is 1. The second-order valence-corrected chi connectivity index (χ2v) is 6.45. The average molecular weight is 348 g/mol. The zero-order chi connectivity index (χ0) is 18.2. The van der Waals surface area contributed by atoms with Gasteiger partial charge in [-0.2, -0.15) is 0 Å². The van der Waals surface area contributed by atoms with E-state index in [1.165, 1.54) is 0 Å². The first-order valence-electron chi connectivity index (χ1n) is 8.76. The minimum atomic E-state index is -0.120. The Morgan fingerprint density at radius 2 is 1.96 bits per heavy atom. The maximum atomic E-state index is 12.1. The first-order valence-corrected chi connectivity index (χ1v) is 8.76. The summed E-state index contributed by atoms with van der Waals surface area (Å²) in [5.41, 5.74) is 2.20. The Bertz CT molecular complexity index is 595. The van der Waals surface area contributed by atoms with Crippen LogP contribution >= 0.6 is 0 Å². The molecule has 25 heavy (non-hydrogen) atoms. The van der Waals surface area contributed by atoms with Crippen LogP contribution in [0.2, 0.25) is 0 Å². The largest absolute Gasteiger partial charge is 0.483 e. The van der Waals surface area contributed by atoms with E-state index < -0.39 is 0 Å². The van der Waals surface area contributed by atoms with Crippen molar-refractivity contribution in [3.63, 3.8) is 0 Å². The summed E-state index contributed by atoms with van der Waals surface area (Å²) in [6.07, 6.45) is 1.96. The third-order valence-electron chi connectivity index (χ3n) is 4.65. The molecule has 0 aromatic heterocycles. The number of amides is 2. The number of rotatable bonds is 7. The Morgan fingerprint density at radius 1 is 1.24 bits per heavy atom. The van der Waals surface area contributed by atoms with Crippen LogP contribution in [0.1, 0.15) is 30.4 Å². The topological polar surface area (TPSA) is 67.9 Å². The number of hydrogen-bond donors (Lipinski definition) is 1. The van der Waals surface area contributed by atoms with Gasteiger partial charge >= 0.3 is 0 Å². The highest BCUT2D eigenvalue weighted by Gasteiger charge is 2.23. The number of carbonyl (C=O) groups is 2. The van der Waals surface area contributed by atoms with Crippen LogP contribution in [-0.4, -0.2) is 56.2 Å². The van der Waals surface area contributed by atoms with Crippen molar-refractivity contribution in [1.29, 1.82) is 0 Å². The maximum Gasteiger partial charge on any atom is 0.258 e. The molecule has 1 aliphatic rings.